The average molecular weight is 351 g/mol. The molecule has 0 fully saturated rings. The number of hydrogen-bond donors (Lipinski definition) is 1. The van der Waals surface area contributed by atoms with E-state index in [1.54, 1.807) is 13.8 Å². The van der Waals surface area contributed by atoms with Crippen LogP contribution in [-0.2, 0) is 14.3 Å². The molecule has 1 amide bonds. The molecule has 25 heavy (non-hydrogen) atoms. The zero-order chi connectivity index (χ0) is 18.8. The summed E-state index contributed by atoms with van der Waals surface area (Å²) >= 11 is 0. The maximum absolute atomic E-state index is 11.8. The Labute approximate surface area is 145 Å². The predicted octanol–water partition coefficient (Wildman–Crippen LogP) is 2.05. The van der Waals surface area contributed by atoms with Crippen molar-refractivity contribution in [3.05, 3.63) is 34.4 Å². The summed E-state index contributed by atoms with van der Waals surface area (Å²) in [6, 6.07) is 5.35. The first-order valence-corrected chi connectivity index (χ1v) is 7.75. The summed E-state index contributed by atoms with van der Waals surface area (Å²) in [5.74, 6) is -1.10. The van der Waals surface area contributed by atoms with Crippen molar-refractivity contribution in [2.24, 2.45) is 11.0 Å². The second-order valence-corrected chi connectivity index (χ2v) is 5.04. The molecule has 0 aliphatic carbocycles. The van der Waals surface area contributed by atoms with Gasteiger partial charge in [-0.1, -0.05) is 6.92 Å². The monoisotopic (exact) mass is 351 g/mol. The van der Waals surface area contributed by atoms with Gasteiger partial charge in [-0.3, -0.25) is 19.7 Å². The van der Waals surface area contributed by atoms with Crippen molar-refractivity contribution in [3.63, 3.8) is 0 Å². The third-order valence-corrected chi connectivity index (χ3v) is 3.26. The summed E-state index contributed by atoms with van der Waals surface area (Å²) < 4.78 is 10.2. The largest absolute Gasteiger partial charge is 0.484 e. The normalized spacial score (nSPS) is 12.2. The number of non-ortho nitro benzene ring substituents is 1. The molecule has 1 rings (SSSR count). The molecule has 0 saturated carbocycles. The van der Waals surface area contributed by atoms with Crippen molar-refractivity contribution in [1.82, 2.24) is 5.43 Å². The van der Waals surface area contributed by atoms with Gasteiger partial charge in [0.25, 0.3) is 11.6 Å². The zero-order valence-electron chi connectivity index (χ0n) is 14.4. The van der Waals surface area contributed by atoms with E-state index >= 15 is 0 Å². The summed E-state index contributed by atoms with van der Waals surface area (Å²) in [5, 5.41) is 14.4. The highest BCUT2D eigenvalue weighted by atomic mass is 16.6. The highest BCUT2D eigenvalue weighted by Gasteiger charge is 2.21. The Balaban J connectivity index is 2.52. The number of nitrogens with zero attached hydrogens (tertiary/aromatic N) is 2. The van der Waals surface area contributed by atoms with Gasteiger partial charge in [-0.25, -0.2) is 5.43 Å². The molecule has 136 valence electrons. The number of nitro groups is 1. The lowest BCUT2D eigenvalue weighted by Crippen LogP contribution is -2.29. The lowest BCUT2D eigenvalue weighted by Gasteiger charge is -2.13. The second-order valence-electron chi connectivity index (χ2n) is 5.04. The number of hydrogen-bond acceptors (Lipinski definition) is 7. The third kappa shape index (κ3) is 6.58. The van der Waals surface area contributed by atoms with Gasteiger partial charge in [0, 0.05) is 17.8 Å². The van der Waals surface area contributed by atoms with E-state index in [9.17, 15) is 19.7 Å². The molecule has 9 nitrogen and oxygen atoms in total. The first-order valence-electron chi connectivity index (χ1n) is 7.75. The van der Waals surface area contributed by atoms with E-state index in [4.69, 9.17) is 9.47 Å². The summed E-state index contributed by atoms with van der Waals surface area (Å²) in [5.41, 5.74) is 2.67. The van der Waals surface area contributed by atoms with Crippen LogP contribution in [-0.4, -0.2) is 35.7 Å². The smallest absolute Gasteiger partial charge is 0.314 e. The Morgan fingerprint density at radius 1 is 1.28 bits per heavy atom. The minimum atomic E-state index is -0.526. The molecule has 0 aromatic heterocycles. The van der Waals surface area contributed by atoms with Gasteiger partial charge in [-0.2, -0.15) is 5.10 Å². The fraction of sp³-hybridized carbons (Fsp3) is 0.438. The number of amides is 1. The maximum atomic E-state index is 11.8. The molecule has 1 unspecified atom stereocenters. The van der Waals surface area contributed by atoms with E-state index in [1.807, 2.05) is 6.92 Å². The zero-order valence-corrected chi connectivity index (χ0v) is 14.4. The van der Waals surface area contributed by atoms with Crippen LogP contribution >= 0.6 is 0 Å². The summed E-state index contributed by atoms with van der Waals surface area (Å²) in [6.07, 6.45) is 0.503. The number of carbonyl (C=O) groups excluding carboxylic acids is 2. The van der Waals surface area contributed by atoms with Gasteiger partial charge < -0.3 is 9.47 Å². The first kappa shape index (κ1) is 20.1. The molecule has 0 bridgehead atoms. The van der Waals surface area contributed by atoms with Crippen LogP contribution in [0, 0.1) is 16.0 Å². The fourth-order valence-electron chi connectivity index (χ4n) is 1.95. The molecular weight excluding hydrogens is 330 g/mol. The van der Waals surface area contributed by atoms with E-state index < -0.39 is 16.7 Å². The lowest BCUT2D eigenvalue weighted by atomic mass is 10.0. The van der Waals surface area contributed by atoms with Crippen molar-refractivity contribution in [2.75, 3.05) is 13.2 Å². The van der Waals surface area contributed by atoms with Crippen LogP contribution < -0.4 is 10.2 Å². The summed E-state index contributed by atoms with van der Waals surface area (Å²) in [7, 11) is 0. The molecule has 1 aromatic carbocycles. The van der Waals surface area contributed by atoms with Gasteiger partial charge in [0.15, 0.2) is 6.61 Å². The molecule has 1 N–H and O–H groups in total. The SMILES string of the molecule is CCOC(=O)C(CC)/C(C)=N/NC(=O)COc1ccc([N+](=O)[O-])cc1. The molecular formula is C16H21N3O6. The van der Waals surface area contributed by atoms with E-state index in [1.165, 1.54) is 24.3 Å². The van der Waals surface area contributed by atoms with Crippen LogP contribution in [0.25, 0.3) is 0 Å². The predicted molar refractivity (Wildman–Crippen MR) is 90.3 cm³/mol. The Hall–Kier alpha value is -2.97. The fourth-order valence-corrected chi connectivity index (χ4v) is 1.95. The Bertz CT molecular complexity index is 642. The topological polar surface area (TPSA) is 120 Å². The number of rotatable bonds is 9. The van der Waals surface area contributed by atoms with E-state index in [0.29, 0.717) is 17.9 Å². The van der Waals surface area contributed by atoms with Crippen molar-refractivity contribution < 1.29 is 24.0 Å². The molecule has 0 saturated heterocycles. The standard InChI is InChI=1S/C16H21N3O6/c1-4-14(16(21)24-5-2)11(3)17-18-15(20)10-25-13-8-6-12(7-9-13)19(22)23/h6-9,14H,4-5,10H2,1-3H3,(H,18,20)/b17-11+. The second kappa shape index (κ2) is 10.0. The molecule has 0 spiro atoms. The van der Waals surface area contributed by atoms with Crippen LogP contribution in [0.15, 0.2) is 29.4 Å². The number of ether oxygens (including phenoxy) is 2. The Morgan fingerprint density at radius 3 is 2.44 bits per heavy atom. The van der Waals surface area contributed by atoms with Crippen molar-refractivity contribution >= 4 is 23.3 Å². The van der Waals surface area contributed by atoms with Crippen LogP contribution in [0.4, 0.5) is 5.69 Å². The van der Waals surface area contributed by atoms with Gasteiger partial charge in [0.05, 0.1) is 17.4 Å². The Kier molecular flexibility index (Phi) is 8.04. The molecule has 0 aliphatic rings. The molecule has 9 heteroatoms. The number of carbonyl (C=O) groups is 2. The van der Waals surface area contributed by atoms with Gasteiger partial charge >= 0.3 is 5.97 Å². The van der Waals surface area contributed by atoms with E-state index in [-0.39, 0.29) is 24.9 Å². The van der Waals surface area contributed by atoms with Gasteiger partial charge in [0.1, 0.15) is 5.75 Å². The Morgan fingerprint density at radius 2 is 1.92 bits per heavy atom. The highest BCUT2D eigenvalue weighted by molar-refractivity contribution is 6.01. The molecule has 0 heterocycles. The molecule has 0 radical (unpaired) electrons. The minimum Gasteiger partial charge on any atom is -0.484 e. The van der Waals surface area contributed by atoms with Gasteiger partial charge in [-0.15, -0.1) is 0 Å². The van der Waals surface area contributed by atoms with Crippen LogP contribution in [0.2, 0.25) is 0 Å². The summed E-state index contributed by atoms with van der Waals surface area (Å²) in [6.45, 7) is 5.12. The number of benzene rings is 1. The third-order valence-electron chi connectivity index (χ3n) is 3.26. The minimum absolute atomic E-state index is 0.0680. The molecule has 1 atom stereocenters. The number of esters is 1. The quantitative estimate of drug-likeness (QED) is 0.315. The molecule has 1 aromatic rings. The van der Waals surface area contributed by atoms with Crippen LogP contribution in [0.3, 0.4) is 0 Å². The van der Waals surface area contributed by atoms with Crippen molar-refractivity contribution in [2.45, 2.75) is 27.2 Å². The first-order chi connectivity index (χ1) is 11.9. The highest BCUT2D eigenvalue weighted by Crippen LogP contribution is 2.17. The van der Waals surface area contributed by atoms with Gasteiger partial charge in [0.2, 0.25) is 0 Å². The van der Waals surface area contributed by atoms with Crippen LogP contribution in [0.5, 0.6) is 5.75 Å². The van der Waals surface area contributed by atoms with Crippen molar-refractivity contribution in [3.8, 4) is 5.75 Å². The van der Waals surface area contributed by atoms with Gasteiger partial charge in [-0.05, 0) is 32.4 Å². The van der Waals surface area contributed by atoms with Crippen molar-refractivity contribution in [1.29, 1.82) is 0 Å². The van der Waals surface area contributed by atoms with E-state index in [0.717, 1.165) is 0 Å². The maximum Gasteiger partial charge on any atom is 0.314 e. The van der Waals surface area contributed by atoms with Crippen LogP contribution in [0.1, 0.15) is 27.2 Å². The lowest BCUT2D eigenvalue weighted by molar-refractivity contribution is -0.384. The summed E-state index contributed by atoms with van der Waals surface area (Å²) in [4.78, 5) is 33.5. The average Bonchev–Trinajstić information content (AvgIpc) is 2.59. The number of nitro benzene ring substituents is 1. The van der Waals surface area contributed by atoms with E-state index in [2.05, 4.69) is 10.5 Å². The molecule has 0 aliphatic heterocycles. The number of nitrogens with one attached hydrogen (secondary N) is 1. The number of hydrazone groups is 1.